The van der Waals surface area contributed by atoms with Gasteiger partial charge in [-0.2, -0.15) is 0 Å². The van der Waals surface area contributed by atoms with Crippen molar-refractivity contribution in [2.45, 2.75) is 24.0 Å². The number of rotatable bonds is 8. The number of carbonyl (C=O) groups is 2. The topological polar surface area (TPSA) is 92.9 Å². The minimum atomic E-state index is -1.27. The molecule has 3 N–H and O–H groups in total. The summed E-state index contributed by atoms with van der Waals surface area (Å²) in [5, 5.41) is 9.87. The van der Waals surface area contributed by atoms with E-state index in [1.54, 1.807) is 36.4 Å². The maximum atomic E-state index is 13.2. The van der Waals surface area contributed by atoms with Crippen LogP contribution in [-0.4, -0.2) is 27.5 Å². The Kier molecular flexibility index (Phi) is 7.50. The fourth-order valence-corrected chi connectivity index (χ4v) is 3.74. The Morgan fingerprint density at radius 2 is 1.61 bits per heavy atom. The van der Waals surface area contributed by atoms with E-state index in [-0.39, 0.29) is 13.0 Å². The molecule has 3 aromatic carbocycles. The summed E-state index contributed by atoms with van der Waals surface area (Å²) in [5.41, 5.74) is 7.73. The van der Waals surface area contributed by atoms with Gasteiger partial charge in [0.25, 0.3) is 0 Å². The largest absolute Gasteiger partial charge is 0.480 e. The summed E-state index contributed by atoms with van der Waals surface area (Å²) in [6, 6.07) is 20.1. The number of nitrogens with two attached hydrogens (primary N) is 1. The number of benzene rings is 3. The second-order valence-corrected chi connectivity index (χ2v) is 7.70. The molecule has 0 heterocycles. The van der Waals surface area contributed by atoms with Crippen LogP contribution in [0.3, 0.4) is 0 Å². The number of nitrogens with zero attached hydrogens (tertiary/aromatic N) is 1. The Hall–Kier alpha value is -3.52. The normalized spacial score (nSPS) is 11.5. The molecule has 160 valence electrons. The average Bonchev–Trinajstić information content (AvgIpc) is 2.77. The monoisotopic (exact) mass is 440 g/mol. The Morgan fingerprint density at radius 3 is 2.26 bits per heavy atom. The first-order valence-corrected chi connectivity index (χ1v) is 10.2. The van der Waals surface area contributed by atoms with Gasteiger partial charge >= 0.3 is 12.1 Å². The number of amides is 1. The molecule has 0 aromatic heterocycles. The van der Waals surface area contributed by atoms with Gasteiger partial charge in [0.2, 0.25) is 0 Å². The number of halogens is 1. The molecular formula is C23H21FN2O4S. The first kappa shape index (κ1) is 22.2. The van der Waals surface area contributed by atoms with Crippen LogP contribution in [0.4, 0.5) is 14.9 Å². The molecule has 0 bridgehead atoms. The summed E-state index contributed by atoms with van der Waals surface area (Å²) < 4.78 is 19.7. The lowest BCUT2D eigenvalue weighted by atomic mass is 10.1. The van der Waals surface area contributed by atoms with Gasteiger partial charge in [-0.1, -0.05) is 54.6 Å². The molecule has 0 radical (unpaired) electrons. The number of hydrogen-bond acceptors (Lipinski definition) is 5. The smallest absolute Gasteiger partial charge is 0.421 e. The lowest BCUT2D eigenvalue weighted by molar-refractivity contribution is -0.141. The Balaban J connectivity index is 1.86. The van der Waals surface area contributed by atoms with E-state index in [9.17, 15) is 19.1 Å². The summed E-state index contributed by atoms with van der Waals surface area (Å²) >= 11 is 0.896. The number of ether oxygens (including phenoxy) is 1. The number of hydrogen-bond donors (Lipinski definition) is 2. The zero-order chi connectivity index (χ0) is 22.2. The lowest BCUT2D eigenvalue weighted by Gasteiger charge is -2.27. The predicted octanol–water partition coefficient (Wildman–Crippen LogP) is 4.75. The summed E-state index contributed by atoms with van der Waals surface area (Å²) in [6.07, 6.45) is -0.845. The van der Waals surface area contributed by atoms with Crippen molar-refractivity contribution >= 4 is 29.7 Å². The Labute approximate surface area is 183 Å². The second kappa shape index (κ2) is 10.5. The molecule has 0 aliphatic heterocycles. The van der Waals surface area contributed by atoms with Crippen LogP contribution in [0.25, 0.3) is 0 Å². The van der Waals surface area contributed by atoms with E-state index in [1.807, 2.05) is 18.2 Å². The van der Waals surface area contributed by atoms with Gasteiger partial charge in [0, 0.05) is 12.1 Å². The van der Waals surface area contributed by atoms with Crippen molar-refractivity contribution in [2.24, 2.45) is 0 Å². The third-order valence-electron chi connectivity index (χ3n) is 4.41. The Bertz CT molecular complexity index is 1030. The molecule has 3 rings (SSSR count). The van der Waals surface area contributed by atoms with E-state index in [2.05, 4.69) is 0 Å². The second-order valence-electron chi connectivity index (χ2n) is 6.68. The van der Waals surface area contributed by atoms with Gasteiger partial charge in [-0.25, -0.2) is 18.3 Å². The fraction of sp³-hybridized carbons (Fsp3) is 0.130. The van der Waals surface area contributed by atoms with Crippen LogP contribution in [0, 0.1) is 5.82 Å². The fourth-order valence-electron chi connectivity index (χ4n) is 2.79. The quantitative estimate of drug-likeness (QED) is 0.388. The van der Waals surface area contributed by atoms with E-state index in [1.165, 1.54) is 24.3 Å². The Morgan fingerprint density at radius 1 is 0.968 bits per heavy atom. The molecule has 0 saturated carbocycles. The van der Waals surface area contributed by atoms with Crippen LogP contribution in [0.2, 0.25) is 0 Å². The minimum absolute atomic E-state index is 0.0100. The van der Waals surface area contributed by atoms with Gasteiger partial charge in [-0.3, -0.25) is 0 Å². The molecule has 0 unspecified atom stereocenters. The lowest BCUT2D eigenvalue weighted by Crippen LogP contribution is -2.42. The van der Waals surface area contributed by atoms with Crippen LogP contribution in [0.1, 0.15) is 11.1 Å². The molecule has 0 aliphatic carbocycles. The van der Waals surface area contributed by atoms with Crippen molar-refractivity contribution in [3.63, 3.8) is 0 Å². The SMILES string of the molecule is Nc1ccccc1SN(C(=O)OCc1ccccc1)[C@@H](Cc1ccc(F)cc1)C(=O)O. The maximum Gasteiger partial charge on any atom is 0.421 e. The molecule has 31 heavy (non-hydrogen) atoms. The van der Waals surface area contributed by atoms with Gasteiger partial charge in [0.15, 0.2) is 0 Å². The molecule has 0 aliphatic rings. The van der Waals surface area contributed by atoms with Crippen LogP contribution >= 0.6 is 11.9 Å². The number of carboxylic acid groups (broad SMARTS) is 1. The minimum Gasteiger partial charge on any atom is -0.480 e. The summed E-state index contributed by atoms with van der Waals surface area (Å²) in [5.74, 6) is -1.65. The first-order chi connectivity index (χ1) is 14.9. The van der Waals surface area contributed by atoms with Crippen molar-refractivity contribution in [1.82, 2.24) is 4.31 Å². The summed E-state index contributed by atoms with van der Waals surface area (Å²) in [4.78, 5) is 25.6. The molecule has 1 amide bonds. The van der Waals surface area contributed by atoms with E-state index in [0.29, 0.717) is 16.1 Å². The van der Waals surface area contributed by atoms with Crippen molar-refractivity contribution in [1.29, 1.82) is 0 Å². The zero-order valence-corrected chi connectivity index (χ0v) is 17.3. The van der Waals surface area contributed by atoms with Gasteiger partial charge in [-0.15, -0.1) is 0 Å². The van der Waals surface area contributed by atoms with Gasteiger partial charge in [0.05, 0.1) is 4.90 Å². The highest BCUT2D eigenvalue weighted by Crippen LogP contribution is 2.31. The number of anilines is 1. The summed E-state index contributed by atoms with van der Waals surface area (Å²) in [6.45, 7) is -0.0100. The molecule has 1 atom stereocenters. The molecule has 0 fully saturated rings. The highest BCUT2D eigenvalue weighted by atomic mass is 32.2. The molecule has 0 saturated heterocycles. The third-order valence-corrected chi connectivity index (χ3v) is 5.58. The predicted molar refractivity (Wildman–Crippen MR) is 117 cm³/mol. The highest BCUT2D eigenvalue weighted by Gasteiger charge is 2.33. The number of carboxylic acids is 1. The van der Waals surface area contributed by atoms with E-state index < -0.39 is 23.9 Å². The van der Waals surface area contributed by atoms with Crippen molar-refractivity contribution in [3.05, 3.63) is 95.8 Å². The highest BCUT2D eigenvalue weighted by molar-refractivity contribution is 7.97. The van der Waals surface area contributed by atoms with Gasteiger partial charge in [-0.05, 0) is 47.3 Å². The van der Waals surface area contributed by atoms with Gasteiger partial charge < -0.3 is 15.6 Å². The van der Waals surface area contributed by atoms with Crippen LogP contribution in [-0.2, 0) is 22.6 Å². The van der Waals surface area contributed by atoms with Gasteiger partial charge in [0.1, 0.15) is 18.5 Å². The van der Waals surface area contributed by atoms with Crippen molar-refractivity contribution in [2.75, 3.05) is 5.73 Å². The molecule has 3 aromatic rings. The summed E-state index contributed by atoms with van der Waals surface area (Å²) in [7, 11) is 0. The van der Waals surface area contributed by atoms with Crippen LogP contribution in [0.15, 0.2) is 83.8 Å². The number of para-hydroxylation sites is 1. The van der Waals surface area contributed by atoms with E-state index in [0.717, 1.165) is 21.8 Å². The zero-order valence-electron chi connectivity index (χ0n) is 16.5. The van der Waals surface area contributed by atoms with Crippen LogP contribution < -0.4 is 5.73 Å². The average molecular weight is 440 g/mol. The number of aliphatic carboxylic acids is 1. The molecule has 8 heteroatoms. The maximum absolute atomic E-state index is 13.2. The molecular weight excluding hydrogens is 419 g/mol. The first-order valence-electron chi connectivity index (χ1n) is 9.43. The molecule has 0 spiro atoms. The van der Waals surface area contributed by atoms with Crippen LogP contribution in [0.5, 0.6) is 0 Å². The standard InChI is InChI=1S/C23H21FN2O4S/c24-18-12-10-16(11-13-18)14-20(22(27)28)26(31-21-9-5-4-8-19(21)25)23(29)30-15-17-6-2-1-3-7-17/h1-13,20H,14-15,25H2,(H,27,28)/t20-/m0/s1. The van der Waals surface area contributed by atoms with E-state index >= 15 is 0 Å². The van der Waals surface area contributed by atoms with E-state index in [4.69, 9.17) is 10.5 Å². The van der Waals surface area contributed by atoms with Crippen molar-refractivity contribution < 1.29 is 23.8 Å². The number of nitrogen functional groups attached to an aromatic ring is 1. The number of carbonyl (C=O) groups excluding carboxylic acids is 1. The molecule has 6 nitrogen and oxygen atoms in total. The van der Waals surface area contributed by atoms with Crippen molar-refractivity contribution in [3.8, 4) is 0 Å². The third kappa shape index (κ3) is 6.23.